The summed E-state index contributed by atoms with van der Waals surface area (Å²) in [5.41, 5.74) is 11.0. The zero-order valence-corrected chi connectivity index (χ0v) is 23.5. The summed E-state index contributed by atoms with van der Waals surface area (Å²) in [6.07, 6.45) is 2.55. The van der Waals surface area contributed by atoms with Gasteiger partial charge >= 0.3 is 200 Å². The Bertz CT molecular complexity index is 1140. The van der Waals surface area contributed by atoms with E-state index in [0.29, 0.717) is 7.25 Å². The fourth-order valence-electron chi connectivity index (χ4n) is 5.19. The van der Waals surface area contributed by atoms with E-state index < -0.39 is 25.8 Å². The van der Waals surface area contributed by atoms with E-state index >= 15 is 0 Å². The van der Waals surface area contributed by atoms with Gasteiger partial charge in [0, 0.05) is 0 Å². The molecule has 4 rings (SSSR count). The molecule has 0 N–H and O–H groups in total. The molecule has 30 heavy (non-hydrogen) atoms. The molecule has 0 aromatic heterocycles. The van der Waals surface area contributed by atoms with Crippen molar-refractivity contribution in [1.29, 1.82) is 0 Å². The van der Waals surface area contributed by atoms with Gasteiger partial charge in [-0.1, -0.05) is 0 Å². The van der Waals surface area contributed by atoms with Crippen molar-refractivity contribution in [2.24, 2.45) is 0 Å². The second-order valence-corrected chi connectivity index (χ2v) is 27.5. The molecule has 0 nitrogen and oxygen atoms in total. The number of hydrogen-bond acceptors (Lipinski definition) is 0. The van der Waals surface area contributed by atoms with E-state index in [0.717, 1.165) is 15.6 Å². The van der Waals surface area contributed by atoms with Crippen LogP contribution < -0.4 is 0 Å². The summed E-state index contributed by atoms with van der Waals surface area (Å²) < 4.78 is 1.29. The van der Waals surface area contributed by atoms with Crippen LogP contribution in [0, 0.1) is 0 Å². The van der Waals surface area contributed by atoms with Crippen LogP contribution in [-0.2, 0) is 20.4 Å². The third-order valence-electron chi connectivity index (χ3n) is 6.99. The predicted molar refractivity (Wildman–Crippen MR) is 131 cm³/mol. The van der Waals surface area contributed by atoms with Crippen LogP contribution in [-0.4, -0.2) is 5.43 Å². The van der Waals surface area contributed by atoms with Crippen molar-refractivity contribution >= 4 is 34.2 Å². The van der Waals surface area contributed by atoms with Gasteiger partial charge in [0.05, 0.1) is 0 Å². The molecule has 4 heteroatoms. The molecular formula is C26H28Cl2SiZr. The molecule has 2 aliphatic carbocycles. The van der Waals surface area contributed by atoms with Crippen molar-refractivity contribution in [1.82, 2.24) is 0 Å². The van der Waals surface area contributed by atoms with E-state index in [1.54, 1.807) is 11.1 Å². The first-order valence-electron chi connectivity index (χ1n) is 10.5. The van der Waals surface area contributed by atoms with Crippen molar-refractivity contribution in [2.45, 2.75) is 48.0 Å². The summed E-state index contributed by atoms with van der Waals surface area (Å²) in [4.78, 5) is 0. The molecule has 0 aliphatic heterocycles. The first-order valence-corrected chi connectivity index (χ1v) is 20.3. The molecule has 0 fully saturated rings. The average molecular weight is 531 g/mol. The summed E-state index contributed by atoms with van der Waals surface area (Å²) in [7, 11) is 0. The molecule has 0 saturated heterocycles. The SMILES string of the molecule is CC1=C(C)[CH]([Zr]([CH]2C=C(c3c(Cl)cccc3Cl)c3ccccc32)=[Si](C)C)C(C)=C1C. The normalized spacial score (nSPS) is 18.8. The number of halogens is 2. The van der Waals surface area contributed by atoms with E-state index in [1.165, 1.54) is 27.8 Å². The summed E-state index contributed by atoms with van der Waals surface area (Å²) in [5.74, 6) is 0. The molecule has 0 radical (unpaired) electrons. The van der Waals surface area contributed by atoms with Crippen molar-refractivity contribution in [2.75, 3.05) is 0 Å². The molecule has 0 amide bonds. The van der Waals surface area contributed by atoms with Gasteiger partial charge in [-0.3, -0.25) is 0 Å². The number of benzene rings is 2. The van der Waals surface area contributed by atoms with Crippen LogP contribution in [0.2, 0.25) is 26.8 Å². The van der Waals surface area contributed by atoms with Gasteiger partial charge in [-0.2, -0.15) is 0 Å². The minimum absolute atomic E-state index is 0.399. The third kappa shape index (κ3) is 3.62. The summed E-state index contributed by atoms with van der Waals surface area (Å²) >= 11 is 11.4. The Morgan fingerprint density at radius 1 is 0.800 bits per heavy atom. The molecule has 2 aromatic rings. The van der Waals surface area contributed by atoms with Crippen molar-refractivity contribution in [3.63, 3.8) is 0 Å². The van der Waals surface area contributed by atoms with E-state index in [9.17, 15) is 0 Å². The molecule has 1 unspecified atom stereocenters. The molecule has 0 bridgehead atoms. The Balaban J connectivity index is 1.95. The standard InChI is InChI=1S/C15H9Cl2.C9H13.C2H6Si.Zr/c16-13-6-3-7-14(17)15(13)12-9-8-10-4-1-2-5-11(10)12;1-6-5-7(2)9(4)8(6)3;1-3-2;/h1-9H;5H,1-4H3;1-2H3;. The molecule has 2 aromatic carbocycles. The Kier molecular flexibility index (Phi) is 6.54. The van der Waals surface area contributed by atoms with Gasteiger partial charge in [-0.15, -0.1) is 0 Å². The maximum atomic E-state index is 6.66. The van der Waals surface area contributed by atoms with Gasteiger partial charge in [0.25, 0.3) is 0 Å². The van der Waals surface area contributed by atoms with Crippen LogP contribution in [0.5, 0.6) is 0 Å². The van der Waals surface area contributed by atoms with Gasteiger partial charge in [-0.05, 0) is 0 Å². The molecule has 1 atom stereocenters. The number of rotatable bonds is 3. The first kappa shape index (κ1) is 22.5. The van der Waals surface area contributed by atoms with Gasteiger partial charge in [0.15, 0.2) is 0 Å². The van der Waals surface area contributed by atoms with Gasteiger partial charge in [-0.25, -0.2) is 0 Å². The fourth-order valence-corrected chi connectivity index (χ4v) is 26.3. The topological polar surface area (TPSA) is 0 Å². The fraction of sp³-hybridized carbons (Fsp3) is 0.308. The Hall–Kier alpha value is -0.660. The summed E-state index contributed by atoms with van der Waals surface area (Å²) in [6.45, 7) is 14.5. The number of allylic oxidation sites excluding steroid dienone is 5. The van der Waals surface area contributed by atoms with E-state index in [2.05, 4.69) is 71.1 Å². The van der Waals surface area contributed by atoms with E-state index in [-0.39, 0.29) is 0 Å². The molecule has 0 saturated carbocycles. The monoisotopic (exact) mass is 528 g/mol. The van der Waals surface area contributed by atoms with Crippen molar-refractivity contribution in [3.8, 4) is 0 Å². The first-order chi connectivity index (χ1) is 14.2. The molecule has 0 spiro atoms. The van der Waals surface area contributed by atoms with Crippen molar-refractivity contribution in [3.05, 3.63) is 97.6 Å². The quantitative estimate of drug-likeness (QED) is 0.348. The second kappa shape index (κ2) is 8.70. The van der Waals surface area contributed by atoms with Crippen LogP contribution in [0.1, 0.15) is 48.0 Å². The Morgan fingerprint density at radius 2 is 1.37 bits per heavy atom. The number of fused-ring (bicyclic) bond motifs is 1. The summed E-state index contributed by atoms with van der Waals surface area (Å²) in [6, 6.07) is 14.8. The molecule has 154 valence electrons. The van der Waals surface area contributed by atoms with E-state index in [4.69, 9.17) is 23.2 Å². The zero-order valence-electron chi connectivity index (χ0n) is 18.5. The predicted octanol–water partition coefficient (Wildman–Crippen LogP) is 8.82. The van der Waals surface area contributed by atoms with Crippen LogP contribution in [0.4, 0.5) is 0 Å². The van der Waals surface area contributed by atoms with E-state index in [1.807, 2.05) is 18.2 Å². The van der Waals surface area contributed by atoms with Gasteiger partial charge in [0.1, 0.15) is 0 Å². The van der Waals surface area contributed by atoms with Crippen molar-refractivity contribution < 1.29 is 20.4 Å². The number of hydrogen-bond donors (Lipinski definition) is 0. The average Bonchev–Trinajstić information content (AvgIpc) is 3.16. The summed E-state index contributed by atoms with van der Waals surface area (Å²) in [5, 5.41) is 1.49. The minimum atomic E-state index is -1.96. The Morgan fingerprint density at radius 3 is 1.93 bits per heavy atom. The molecular weight excluding hydrogens is 503 g/mol. The van der Waals surface area contributed by atoms with Crippen LogP contribution in [0.3, 0.4) is 0 Å². The zero-order chi connectivity index (χ0) is 21.7. The van der Waals surface area contributed by atoms with Crippen LogP contribution in [0.15, 0.2) is 70.8 Å². The molecule has 0 heterocycles. The third-order valence-corrected chi connectivity index (χ3v) is 27.3. The van der Waals surface area contributed by atoms with Crippen LogP contribution in [0.25, 0.3) is 5.57 Å². The van der Waals surface area contributed by atoms with Gasteiger partial charge < -0.3 is 0 Å². The maximum absolute atomic E-state index is 6.66. The van der Waals surface area contributed by atoms with Crippen LogP contribution >= 0.6 is 23.2 Å². The molecule has 2 aliphatic rings. The Labute approximate surface area is 198 Å². The van der Waals surface area contributed by atoms with Gasteiger partial charge in [0.2, 0.25) is 0 Å². The second-order valence-electron chi connectivity index (χ2n) is 8.75.